The third-order valence-electron chi connectivity index (χ3n) is 4.27. The summed E-state index contributed by atoms with van der Waals surface area (Å²) in [5.74, 6) is -1.19. The zero-order valence-corrected chi connectivity index (χ0v) is 17.2. The van der Waals surface area contributed by atoms with E-state index in [1.54, 1.807) is 20.8 Å². The van der Waals surface area contributed by atoms with E-state index in [4.69, 9.17) is 9.47 Å². The molecule has 1 atom stereocenters. The van der Waals surface area contributed by atoms with E-state index in [-0.39, 0.29) is 30.5 Å². The Morgan fingerprint density at radius 1 is 1.28 bits per heavy atom. The zero-order valence-electron chi connectivity index (χ0n) is 17.2. The minimum absolute atomic E-state index is 0.0124. The van der Waals surface area contributed by atoms with Crippen LogP contribution in [0.3, 0.4) is 0 Å². The summed E-state index contributed by atoms with van der Waals surface area (Å²) in [5, 5.41) is 5.24. The van der Waals surface area contributed by atoms with Crippen LogP contribution in [0.1, 0.15) is 40.0 Å². The molecule has 3 amide bonds. The molecule has 0 saturated carbocycles. The fourth-order valence-electron chi connectivity index (χ4n) is 2.96. The van der Waals surface area contributed by atoms with E-state index in [9.17, 15) is 18.8 Å². The molecule has 9 heteroatoms. The van der Waals surface area contributed by atoms with Gasteiger partial charge < -0.3 is 20.1 Å². The van der Waals surface area contributed by atoms with E-state index < -0.39 is 23.6 Å². The molecular weight excluding hydrogens is 381 g/mol. The normalized spacial score (nSPS) is 16.3. The first-order chi connectivity index (χ1) is 13.6. The lowest BCUT2D eigenvalue weighted by molar-refractivity contribution is -0.125. The topological polar surface area (TPSA) is 97.0 Å². The molecule has 1 aromatic rings. The highest BCUT2D eigenvalue weighted by atomic mass is 19.1. The van der Waals surface area contributed by atoms with Crippen molar-refractivity contribution in [1.82, 2.24) is 10.2 Å². The molecule has 1 fully saturated rings. The first-order valence-corrected chi connectivity index (χ1v) is 9.51. The van der Waals surface area contributed by atoms with Gasteiger partial charge >= 0.3 is 6.09 Å². The van der Waals surface area contributed by atoms with Gasteiger partial charge in [0.25, 0.3) is 0 Å². The van der Waals surface area contributed by atoms with Gasteiger partial charge in [0, 0.05) is 31.3 Å². The van der Waals surface area contributed by atoms with Crippen LogP contribution in [-0.2, 0) is 14.3 Å². The average Bonchev–Trinajstić information content (AvgIpc) is 3.10. The largest absolute Gasteiger partial charge is 0.494 e. The number of rotatable bonds is 6. The number of likely N-dealkylation sites (tertiary alicyclic amines) is 1. The summed E-state index contributed by atoms with van der Waals surface area (Å²) in [6.07, 6.45) is 0.747. The van der Waals surface area contributed by atoms with Crippen molar-refractivity contribution in [3.63, 3.8) is 0 Å². The molecule has 29 heavy (non-hydrogen) atoms. The third kappa shape index (κ3) is 6.62. The van der Waals surface area contributed by atoms with Crippen molar-refractivity contribution in [2.24, 2.45) is 0 Å². The van der Waals surface area contributed by atoms with E-state index in [1.165, 1.54) is 24.1 Å². The number of amides is 3. The van der Waals surface area contributed by atoms with Gasteiger partial charge in [0.2, 0.25) is 11.8 Å². The summed E-state index contributed by atoms with van der Waals surface area (Å²) in [6.45, 7) is 5.86. The first-order valence-electron chi connectivity index (χ1n) is 9.51. The number of nitrogens with zero attached hydrogens (tertiary/aromatic N) is 1. The fourth-order valence-corrected chi connectivity index (χ4v) is 2.96. The minimum atomic E-state index is -0.639. The number of nitrogens with one attached hydrogen (secondary N) is 2. The van der Waals surface area contributed by atoms with Crippen LogP contribution in [-0.4, -0.2) is 54.6 Å². The molecule has 0 radical (unpaired) electrons. The van der Waals surface area contributed by atoms with E-state index in [1.807, 2.05) is 0 Å². The highest BCUT2D eigenvalue weighted by Gasteiger charge is 2.36. The molecule has 8 nitrogen and oxygen atoms in total. The Balaban J connectivity index is 1.80. The molecule has 2 rings (SSSR count). The maximum Gasteiger partial charge on any atom is 0.410 e. The van der Waals surface area contributed by atoms with Crippen LogP contribution in [0, 0.1) is 5.82 Å². The summed E-state index contributed by atoms with van der Waals surface area (Å²) in [6, 6.07) is 3.49. The maximum absolute atomic E-state index is 13.7. The van der Waals surface area contributed by atoms with Crippen LogP contribution in [0.15, 0.2) is 18.2 Å². The molecule has 0 bridgehead atoms. The molecule has 1 aromatic carbocycles. The average molecular weight is 409 g/mol. The Hall–Kier alpha value is -2.84. The van der Waals surface area contributed by atoms with Gasteiger partial charge in [0.1, 0.15) is 11.6 Å². The Labute approximate surface area is 169 Å². The fraction of sp³-hybridized carbons (Fsp3) is 0.550. The molecule has 0 aromatic heterocycles. The second kappa shape index (κ2) is 9.58. The van der Waals surface area contributed by atoms with Crippen LogP contribution < -0.4 is 15.4 Å². The standard InChI is InChI=1S/C20H28FN3O5/c1-20(2,3)29-19(27)24-11-5-6-15(24)18(26)22-10-9-17(25)23-13-7-8-16(28-4)14(21)12-13/h7-8,12,15H,5-6,9-11H2,1-4H3,(H,22,26)(H,23,25)/t15-/m1/s1. The number of hydrogen-bond acceptors (Lipinski definition) is 5. The first kappa shape index (κ1) is 22.4. The molecular formula is C20H28FN3O5. The maximum atomic E-state index is 13.7. The van der Waals surface area contributed by atoms with Crippen molar-refractivity contribution in [2.75, 3.05) is 25.5 Å². The molecule has 1 saturated heterocycles. The van der Waals surface area contributed by atoms with Crippen LogP contribution in [0.4, 0.5) is 14.9 Å². The van der Waals surface area contributed by atoms with Gasteiger partial charge in [-0.3, -0.25) is 14.5 Å². The monoisotopic (exact) mass is 409 g/mol. The number of hydrogen-bond donors (Lipinski definition) is 2. The smallest absolute Gasteiger partial charge is 0.410 e. The van der Waals surface area contributed by atoms with Crippen molar-refractivity contribution < 1.29 is 28.2 Å². The lowest BCUT2D eigenvalue weighted by Gasteiger charge is -2.28. The van der Waals surface area contributed by atoms with E-state index in [2.05, 4.69) is 10.6 Å². The van der Waals surface area contributed by atoms with Crippen LogP contribution >= 0.6 is 0 Å². The predicted octanol–water partition coefficient (Wildman–Crippen LogP) is 2.68. The number of benzene rings is 1. The summed E-state index contributed by atoms with van der Waals surface area (Å²) < 4.78 is 23.8. The van der Waals surface area contributed by atoms with Gasteiger partial charge in [0.05, 0.1) is 7.11 Å². The highest BCUT2D eigenvalue weighted by molar-refractivity contribution is 5.91. The SMILES string of the molecule is COc1ccc(NC(=O)CCNC(=O)[C@H]2CCCN2C(=O)OC(C)(C)C)cc1F. The van der Waals surface area contributed by atoms with E-state index in [0.29, 0.717) is 25.1 Å². The highest BCUT2D eigenvalue weighted by Crippen LogP contribution is 2.22. The Morgan fingerprint density at radius 3 is 2.62 bits per heavy atom. The molecule has 1 heterocycles. The molecule has 0 unspecified atom stereocenters. The van der Waals surface area contributed by atoms with Gasteiger partial charge in [-0.25, -0.2) is 9.18 Å². The number of anilines is 1. The Morgan fingerprint density at radius 2 is 2.00 bits per heavy atom. The van der Waals surface area contributed by atoms with Crippen LogP contribution in [0.2, 0.25) is 0 Å². The van der Waals surface area contributed by atoms with Gasteiger partial charge in [-0.05, 0) is 45.7 Å². The van der Waals surface area contributed by atoms with Crippen LogP contribution in [0.5, 0.6) is 5.75 Å². The molecule has 160 valence electrons. The second-order valence-electron chi connectivity index (χ2n) is 7.77. The van der Waals surface area contributed by atoms with Gasteiger partial charge in [-0.15, -0.1) is 0 Å². The number of carbonyl (C=O) groups excluding carboxylic acids is 3. The van der Waals surface area contributed by atoms with Crippen molar-refractivity contribution in [3.8, 4) is 5.75 Å². The summed E-state index contributed by atoms with van der Waals surface area (Å²) in [7, 11) is 1.35. The van der Waals surface area contributed by atoms with Crippen LogP contribution in [0.25, 0.3) is 0 Å². The molecule has 0 aliphatic carbocycles. The quantitative estimate of drug-likeness (QED) is 0.753. The predicted molar refractivity (Wildman–Crippen MR) is 105 cm³/mol. The van der Waals surface area contributed by atoms with Crippen molar-refractivity contribution in [3.05, 3.63) is 24.0 Å². The molecule has 1 aliphatic heterocycles. The number of ether oxygens (including phenoxy) is 2. The van der Waals surface area contributed by atoms with Gasteiger partial charge in [-0.1, -0.05) is 0 Å². The van der Waals surface area contributed by atoms with Crippen molar-refractivity contribution >= 4 is 23.6 Å². The number of carbonyl (C=O) groups is 3. The lowest BCUT2D eigenvalue weighted by atomic mass is 10.2. The molecule has 1 aliphatic rings. The summed E-state index contributed by atoms with van der Waals surface area (Å²) in [4.78, 5) is 38.1. The summed E-state index contributed by atoms with van der Waals surface area (Å²) in [5.41, 5.74) is -0.341. The van der Waals surface area contributed by atoms with Gasteiger partial charge in [-0.2, -0.15) is 0 Å². The number of halogens is 1. The van der Waals surface area contributed by atoms with E-state index >= 15 is 0 Å². The Kier molecular flexibility index (Phi) is 7.41. The van der Waals surface area contributed by atoms with Crippen molar-refractivity contribution in [1.29, 1.82) is 0 Å². The van der Waals surface area contributed by atoms with E-state index in [0.717, 1.165) is 6.07 Å². The molecule has 0 spiro atoms. The zero-order chi connectivity index (χ0) is 21.6. The Bertz CT molecular complexity index is 763. The number of methoxy groups -OCH3 is 1. The third-order valence-corrected chi connectivity index (χ3v) is 4.27. The second-order valence-corrected chi connectivity index (χ2v) is 7.77. The minimum Gasteiger partial charge on any atom is -0.494 e. The van der Waals surface area contributed by atoms with Gasteiger partial charge in [0.15, 0.2) is 11.6 Å². The molecule has 2 N–H and O–H groups in total. The lowest BCUT2D eigenvalue weighted by Crippen LogP contribution is -2.47. The van der Waals surface area contributed by atoms with Crippen molar-refractivity contribution in [2.45, 2.75) is 51.7 Å². The summed E-state index contributed by atoms with van der Waals surface area (Å²) >= 11 is 0.